The molecule has 0 spiro atoms. The fraction of sp³-hybridized carbons (Fsp3) is 0.0870. The first-order chi connectivity index (χ1) is 16.6. The lowest BCUT2D eigenvalue weighted by atomic mass is 10.0. The topological polar surface area (TPSA) is 156 Å². The van der Waals surface area contributed by atoms with E-state index >= 15 is 0 Å². The molecule has 0 unspecified atom stereocenters. The van der Waals surface area contributed by atoms with Crippen LogP contribution in [-0.2, 0) is 18.4 Å². The number of nitrogens with one attached hydrogen (secondary N) is 1. The maximum Gasteiger partial charge on any atom is 0.263 e. The number of nitrogens with two attached hydrogens (primary N) is 1. The Hall–Kier alpha value is -4.33. The first kappa shape index (κ1) is 23.8. The molecule has 0 saturated heterocycles. The number of hydrogen-bond acceptors (Lipinski definition) is 6. The number of aromatic nitrogens is 3. The van der Waals surface area contributed by atoms with Crippen molar-refractivity contribution in [1.82, 2.24) is 14.1 Å². The van der Waals surface area contributed by atoms with Gasteiger partial charge in [-0.25, -0.2) is 4.98 Å². The third-order valence-electron chi connectivity index (χ3n) is 5.26. The van der Waals surface area contributed by atoms with Crippen molar-refractivity contribution in [3.63, 3.8) is 0 Å². The number of anilines is 1. The number of carbonyl (C=O) groups excluding carboxylic acids is 2. The second kappa shape index (κ2) is 9.13. The minimum Gasteiger partial charge on any atom is -0.506 e. The van der Waals surface area contributed by atoms with Gasteiger partial charge in [0, 0.05) is 18.8 Å². The van der Waals surface area contributed by atoms with E-state index in [-0.39, 0.29) is 33.2 Å². The van der Waals surface area contributed by atoms with E-state index in [1.54, 1.807) is 0 Å². The van der Waals surface area contributed by atoms with Crippen molar-refractivity contribution in [3.8, 4) is 22.9 Å². The summed E-state index contributed by atoms with van der Waals surface area (Å²) in [5.41, 5.74) is 6.26. The summed E-state index contributed by atoms with van der Waals surface area (Å²) in [6.45, 7) is -0.235. The molecule has 10 nitrogen and oxygen atoms in total. The molecule has 0 radical (unpaired) electrons. The number of benzene rings is 2. The van der Waals surface area contributed by atoms with Crippen molar-refractivity contribution in [2.45, 2.75) is 6.54 Å². The summed E-state index contributed by atoms with van der Waals surface area (Å²) in [6, 6.07) is 9.10. The first-order valence-corrected chi connectivity index (χ1v) is 10.7. The molecule has 4 rings (SSSR count). The van der Waals surface area contributed by atoms with E-state index in [0.717, 1.165) is 0 Å². The number of rotatable bonds is 5. The Kier molecular flexibility index (Phi) is 6.22. The second-order valence-electron chi connectivity index (χ2n) is 7.60. The van der Waals surface area contributed by atoms with Gasteiger partial charge in [-0.1, -0.05) is 23.2 Å². The lowest BCUT2D eigenvalue weighted by Gasteiger charge is -2.09. The van der Waals surface area contributed by atoms with E-state index < -0.39 is 23.1 Å². The van der Waals surface area contributed by atoms with Crippen molar-refractivity contribution in [2.75, 3.05) is 5.32 Å². The predicted molar refractivity (Wildman–Crippen MR) is 130 cm³/mol. The number of phenols is 1. The highest BCUT2D eigenvalue weighted by Gasteiger charge is 2.21. The van der Waals surface area contributed by atoms with Crippen LogP contribution in [0.15, 0.2) is 47.7 Å². The number of halogens is 2. The summed E-state index contributed by atoms with van der Waals surface area (Å²) in [4.78, 5) is 41.8. The largest absolute Gasteiger partial charge is 0.506 e. The molecule has 2 heterocycles. The molecule has 0 aliphatic heterocycles. The molecule has 0 aliphatic rings. The van der Waals surface area contributed by atoms with Gasteiger partial charge in [0.05, 0.1) is 44.6 Å². The van der Waals surface area contributed by atoms with Crippen LogP contribution in [0.1, 0.15) is 15.9 Å². The Morgan fingerprint density at radius 2 is 1.97 bits per heavy atom. The van der Waals surface area contributed by atoms with Gasteiger partial charge in [0.2, 0.25) is 5.91 Å². The lowest BCUT2D eigenvalue weighted by Crippen LogP contribution is -2.20. The number of fused-ring (bicyclic) bond motifs is 1. The van der Waals surface area contributed by atoms with Gasteiger partial charge in [0.15, 0.2) is 0 Å². The molecular formula is C23H16Cl2N6O4. The third-order valence-corrected chi connectivity index (χ3v) is 5.86. The Labute approximate surface area is 207 Å². The molecule has 12 heteroatoms. The Balaban J connectivity index is 1.80. The average Bonchev–Trinajstić information content (AvgIpc) is 3.17. The number of primary amides is 1. The maximum absolute atomic E-state index is 13.0. The van der Waals surface area contributed by atoms with Gasteiger partial charge in [-0.2, -0.15) is 5.26 Å². The molecule has 0 fully saturated rings. The fourth-order valence-electron chi connectivity index (χ4n) is 3.58. The van der Waals surface area contributed by atoms with Gasteiger partial charge in [0.25, 0.3) is 11.5 Å². The standard InChI is InChI=1S/C23H16Cl2N6O4/c1-30-10-28-22-19(23(30)35)14(12-5-13(21(27)34)20(33)16(25)6-12)8-31(22)9-18(32)29-17-3-2-11(7-26)4-15(17)24/h2-6,8,10,33H,9H2,1H3,(H2,27,34)(H,29,32). The molecule has 2 aromatic heterocycles. The van der Waals surface area contributed by atoms with Crippen molar-refractivity contribution in [2.24, 2.45) is 12.8 Å². The average molecular weight is 511 g/mol. The van der Waals surface area contributed by atoms with Crippen LogP contribution in [0.4, 0.5) is 5.69 Å². The highest BCUT2D eigenvalue weighted by Crippen LogP contribution is 2.36. The quantitative estimate of drug-likeness (QED) is 0.374. The zero-order chi connectivity index (χ0) is 25.4. The second-order valence-corrected chi connectivity index (χ2v) is 8.42. The highest BCUT2D eigenvalue weighted by atomic mass is 35.5. The summed E-state index contributed by atoms with van der Waals surface area (Å²) >= 11 is 12.2. The Morgan fingerprint density at radius 1 is 1.23 bits per heavy atom. The van der Waals surface area contributed by atoms with Gasteiger partial charge in [-0.15, -0.1) is 0 Å². The number of nitriles is 1. The number of amides is 2. The number of aryl methyl sites for hydroxylation is 1. The summed E-state index contributed by atoms with van der Waals surface area (Å²) < 4.78 is 2.73. The van der Waals surface area contributed by atoms with E-state index in [1.165, 1.54) is 59.0 Å². The van der Waals surface area contributed by atoms with Gasteiger partial charge >= 0.3 is 0 Å². The van der Waals surface area contributed by atoms with Crippen molar-refractivity contribution in [3.05, 3.63) is 74.4 Å². The monoisotopic (exact) mass is 510 g/mol. The normalized spacial score (nSPS) is 10.8. The zero-order valence-corrected chi connectivity index (χ0v) is 19.6. The predicted octanol–water partition coefficient (Wildman–Crippen LogP) is 3.02. The van der Waals surface area contributed by atoms with Crippen LogP contribution in [0.3, 0.4) is 0 Å². The number of carbonyl (C=O) groups is 2. The maximum atomic E-state index is 13.0. The van der Waals surface area contributed by atoms with Gasteiger partial charge in [-0.05, 0) is 35.9 Å². The van der Waals surface area contributed by atoms with E-state index in [9.17, 15) is 19.5 Å². The Morgan fingerprint density at radius 3 is 2.63 bits per heavy atom. The van der Waals surface area contributed by atoms with Crippen LogP contribution < -0.4 is 16.6 Å². The smallest absolute Gasteiger partial charge is 0.263 e. The van der Waals surface area contributed by atoms with Crippen LogP contribution in [0.5, 0.6) is 5.75 Å². The molecule has 2 aromatic carbocycles. The molecule has 4 N–H and O–H groups in total. The molecule has 35 heavy (non-hydrogen) atoms. The third kappa shape index (κ3) is 4.42. The zero-order valence-electron chi connectivity index (χ0n) is 18.0. The van der Waals surface area contributed by atoms with Crippen LogP contribution in [0.25, 0.3) is 22.2 Å². The molecule has 0 saturated carbocycles. The molecule has 0 aliphatic carbocycles. The molecule has 4 aromatic rings. The first-order valence-electron chi connectivity index (χ1n) is 9.97. The van der Waals surface area contributed by atoms with Crippen molar-refractivity contribution >= 4 is 51.7 Å². The van der Waals surface area contributed by atoms with Crippen LogP contribution >= 0.6 is 23.2 Å². The van der Waals surface area contributed by atoms with Gasteiger partial charge < -0.3 is 25.3 Å². The summed E-state index contributed by atoms with van der Waals surface area (Å²) in [5, 5.41) is 21.9. The molecule has 2 amide bonds. The summed E-state index contributed by atoms with van der Waals surface area (Å²) in [6.07, 6.45) is 2.84. The summed E-state index contributed by atoms with van der Waals surface area (Å²) in [7, 11) is 1.52. The van der Waals surface area contributed by atoms with Gasteiger partial charge in [-0.3, -0.25) is 14.4 Å². The number of aromatic hydroxyl groups is 1. The molecule has 0 bridgehead atoms. The van der Waals surface area contributed by atoms with Gasteiger partial charge in [0.1, 0.15) is 17.9 Å². The lowest BCUT2D eigenvalue weighted by molar-refractivity contribution is -0.116. The van der Waals surface area contributed by atoms with Crippen LogP contribution in [-0.4, -0.2) is 31.0 Å². The van der Waals surface area contributed by atoms with E-state index in [1.807, 2.05) is 6.07 Å². The highest BCUT2D eigenvalue weighted by molar-refractivity contribution is 6.34. The van der Waals surface area contributed by atoms with Crippen LogP contribution in [0.2, 0.25) is 10.0 Å². The number of nitrogens with zero attached hydrogens (tertiary/aromatic N) is 4. The minimum absolute atomic E-state index is 0.133. The van der Waals surface area contributed by atoms with E-state index in [4.69, 9.17) is 34.2 Å². The van der Waals surface area contributed by atoms with E-state index in [2.05, 4.69) is 10.3 Å². The fourth-order valence-corrected chi connectivity index (χ4v) is 4.02. The number of hydrogen-bond donors (Lipinski definition) is 3. The van der Waals surface area contributed by atoms with Crippen molar-refractivity contribution in [1.29, 1.82) is 5.26 Å². The molecule has 176 valence electrons. The Bertz CT molecular complexity index is 1630. The molecular weight excluding hydrogens is 495 g/mol. The van der Waals surface area contributed by atoms with Crippen LogP contribution in [0, 0.1) is 11.3 Å². The SMILES string of the molecule is Cn1cnc2c(c(-c3cc(Cl)c(O)c(C(N)=O)c3)cn2CC(=O)Nc2ccc(C#N)cc2Cl)c1=O. The minimum atomic E-state index is -0.903. The molecule has 0 atom stereocenters. The van der Waals surface area contributed by atoms with E-state index in [0.29, 0.717) is 22.4 Å². The van der Waals surface area contributed by atoms with Crippen molar-refractivity contribution < 1.29 is 14.7 Å². The summed E-state index contributed by atoms with van der Waals surface area (Å²) in [5.74, 6) is -1.85.